The van der Waals surface area contributed by atoms with Crippen LogP contribution >= 0.6 is 0 Å². The average Bonchev–Trinajstić information content (AvgIpc) is 2.17. The Morgan fingerprint density at radius 3 is 2.53 bits per heavy atom. The molecule has 0 aromatic heterocycles. The highest BCUT2D eigenvalue weighted by molar-refractivity contribution is 5.78. The van der Waals surface area contributed by atoms with Gasteiger partial charge in [-0.25, -0.2) is 0 Å². The fourth-order valence-electron chi connectivity index (χ4n) is 2.22. The van der Waals surface area contributed by atoms with E-state index >= 15 is 0 Å². The Morgan fingerprint density at radius 2 is 1.93 bits per heavy atom. The van der Waals surface area contributed by atoms with Crippen molar-refractivity contribution in [1.29, 1.82) is 0 Å². The molecule has 80 valence electrons. The Balaban J connectivity index is 2.16. The summed E-state index contributed by atoms with van der Waals surface area (Å²) in [7, 11) is 0. The van der Waals surface area contributed by atoms with Crippen molar-refractivity contribution in [3.63, 3.8) is 0 Å². The first kappa shape index (κ1) is 10.2. The van der Waals surface area contributed by atoms with Crippen molar-refractivity contribution >= 4 is 5.91 Å². The number of aryl methyl sites for hydroxylation is 1. The van der Waals surface area contributed by atoms with Crippen LogP contribution in [0.2, 0.25) is 0 Å². The second kappa shape index (κ2) is 4.05. The number of carbonyl (C=O) groups excluding carboxylic acids is 1. The number of piperidine rings is 1. The van der Waals surface area contributed by atoms with E-state index in [9.17, 15) is 4.79 Å². The molecule has 1 fully saturated rings. The van der Waals surface area contributed by atoms with Crippen LogP contribution in [0.4, 0.5) is 0 Å². The van der Waals surface area contributed by atoms with E-state index in [1.54, 1.807) is 0 Å². The van der Waals surface area contributed by atoms with E-state index in [1.165, 1.54) is 11.1 Å². The van der Waals surface area contributed by atoms with Gasteiger partial charge in [0.1, 0.15) is 0 Å². The van der Waals surface area contributed by atoms with E-state index in [0.717, 1.165) is 6.42 Å². The van der Waals surface area contributed by atoms with Crippen molar-refractivity contribution in [2.45, 2.75) is 38.6 Å². The maximum absolute atomic E-state index is 11.4. The van der Waals surface area contributed by atoms with E-state index in [2.05, 4.69) is 43.4 Å². The third-order valence-electron chi connectivity index (χ3n) is 3.03. The van der Waals surface area contributed by atoms with Crippen molar-refractivity contribution in [3.8, 4) is 0 Å². The molecule has 2 nitrogen and oxygen atoms in total. The molecule has 1 saturated heterocycles. The first-order chi connectivity index (χ1) is 7.15. The number of nitrogens with one attached hydrogen (secondary N) is 1. The maximum Gasteiger partial charge on any atom is 0.220 e. The standard InChI is InChI=1S/C13H17NO/c1-9-3-5-11(6-4-9)12-7-10(2)14-13(15)8-12/h3-6,10,12H,7-8H2,1-2H3,(H,14,15). The lowest BCUT2D eigenvalue weighted by Crippen LogP contribution is -2.39. The van der Waals surface area contributed by atoms with Gasteiger partial charge >= 0.3 is 0 Å². The Hall–Kier alpha value is -1.31. The molecule has 0 bridgehead atoms. The van der Waals surface area contributed by atoms with Crippen molar-refractivity contribution < 1.29 is 4.79 Å². The van der Waals surface area contributed by atoms with Gasteiger partial charge in [-0.1, -0.05) is 29.8 Å². The Morgan fingerprint density at radius 1 is 1.27 bits per heavy atom. The molecule has 2 unspecified atom stereocenters. The van der Waals surface area contributed by atoms with Gasteiger partial charge in [0.2, 0.25) is 5.91 Å². The Labute approximate surface area is 90.7 Å². The predicted molar refractivity (Wildman–Crippen MR) is 60.8 cm³/mol. The zero-order valence-corrected chi connectivity index (χ0v) is 9.29. The van der Waals surface area contributed by atoms with Crippen LogP contribution in [0.15, 0.2) is 24.3 Å². The summed E-state index contributed by atoms with van der Waals surface area (Å²) >= 11 is 0. The molecule has 1 aromatic rings. The molecule has 2 heteroatoms. The molecule has 1 N–H and O–H groups in total. The number of carbonyl (C=O) groups is 1. The average molecular weight is 203 g/mol. The topological polar surface area (TPSA) is 29.1 Å². The van der Waals surface area contributed by atoms with Gasteiger partial charge in [-0.15, -0.1) is 0 Å². The monoisotopic (exact) mass is 203 g/mol. The van der Waals surface area contributed by atoms with Gasteiger partial charge in [-0.2, -0.15) is 0 Å². The quantitative estimate of drug-likeness (QED) is 0.746. The van der Waals surface area contributed by atoms with Crippen LogP contribution in [0.3, 0.4) is 0 Å². The maximum atomic E-state index is 11.4. The summed E-state index contributed by atoms with van der Waals surface area (Å²) in [4.78, 5) is 11.4. The largest absolute Gasteiger partial charge is 0.354 e. The number of hydrogen-bond acceptors (Lipinski definition) is 1. The van der Waals surface area contributed by atoms with Gasteiger partial charge in [-0.3, -0.25) is 4.79 Å². The zero-order chi connectivity index (χ0) is 10.8. The van der Waals surface area contributed by atoms with Crippen LogP contribution in [0.25, 0.3) is 0 Å². The molecule has 0 spiro atoms. The van der Waals surface area contributed by atoms with Gasteiger partial charge in [0.25, 0.3) is 0 Å². The number of benzene rings is 1. The van der Waals surface area contributed by atoms with E-state index in [4.69, 9.17) is 0 Å². The van der Waals surface area contributed by atoms with Crippen LogP contribution < -0.4 is 5.32 Å². The lowest BCUT2D eigenvalue weighted by Gasteiger charge is -2.27. The van der Waals surface area contributed by atoms with Crippen LogP contribution in [0.1, 0.15) is 36.8 Å². The van der Waals surface area contributed by atoms with E-state index in [-0.39, 0.29) is 5.91 Å². The van der Waals surface area contributed by atoms with Gasteiger partial charge in [0.05, 0.1) is 0 Å². The molecule has 1 amide bonds. The molecule has 1 aromatic carbocycles. The number of amides is 1. The third-order valence-corrected chi connectivity index (χ3v) is 3.03. The SMILES string of the molecule is Cc1ccc(C2CC(=O)NC(C)C2)cc1. The molecule has 0 aliphatic carbocycles. The minimum absolute atomic E-state index is 0.180. The molecule has 2 atom stereocenters. The summed E-state index contributed by atoms with van der Waals surface area (Å²) < 4.78 is 0. The van der Waals surface area contributed by atoms with Crippen LogP contribution in [0.5, 0.6) is 0 Å². The van der Waals surface area contributed by atoms with Gasteiger partial charge in [0.15, 0.2) is 0 Å². The first-order valence-electron chi connectivity index (χ1n) is 5.51. The van der Waals surface area contributed by atoms with Crippen LogP contribution in [-0.2, 0) is 4.79 Å². The second-order valence-corrected chi connectivity index (χ2v) is 4.52. The third kappa shape index (κ3) is 2.38. The molecule has 1 aliphatic rings. The van der Waals surface area contributed by atoms with E-state index in [1.807, 2.05) is 0 Å². The fraction of sp³-hybridized carbons (Fsp3) is 0.462. The summed E-state index contributed by atoms with van der Waals surface area (Å²) in [5.41, 5.74) is 2.56. The minimum atomic E-state index is 0.180. The highest BCUT2D eigenvalue weighted by Gasteiger charge is 2.24. The highest BCUT2D eigenvalue weighted by atomic mass is 16.1. The van der Waals surface area contributed by atoms with Crippen LogP contribution in [0, 0.1) is 6.92 Å². The molecule has 1 heterocycles. The summed E-state index contributed by atoms with van der Waals surface area (Å²) in [6.07, 6.45) is 1.68. The molecule has 2 rings (SSSR count). The molecular formula is C13H17NO. The van der Waals surface area contributed by atoms with Crippen molar-refractivity contribution in [3.05, 3.63) is 35.4 Å². The number of hydrogen-bond donors (Lipinski definition) is 1. The molecular weight excluding hydrogens is 186 g/mol. The summed E-state index contributed by atoms with van der Waals surface area (Å²) in [6.45, 7) is 4.15. The minimum Gasteiger partial charge on any atom is -0.354 e. The lowest BCUT2D eigenvalue weighted by atomic mass is 9.86. The first-order valence-corrected chi connectivity index (χ1v) is 5.51. The second-order valence-electron chi connectivity index (χ2n) is 4.52. The summed E-state index contributed by atoms with van der Waals surface area (Å²) in [5, 5.41) is 2.95. The molecule has 1 aliphatic heterocycles. The van der Waals surface area contributed by atoms with E-state index < -0.39 is 0 Å². The van der Waals surface area contributed by atoms with Crippen LogP contribution in [-0.4, -0.2) is 11.9 Å². The lowest BCUT2D eigenvalue weighted by molar-refractivity contribution is -0.123. The van der Waals surface area contributed by atoms with E-state index in [0.29, 0.717) is 18.4 Å². The zero-order valence-electron chi connectivity index (χ0n) is 9.29. The predicted octanol–water partition coefficient (Wildman–Crippen LogP) is 2.38. The summed E-state index contributed by atoms with van der Waals surface area (Å²) in [6, 6.07) is 8.83. The van der Waals surface area contributed by atoms with Crippen molar-refractivity contribution in [1.82, 2.24) is 5.32 Å². The number of rotatable bonds is 1. The van der Waals surface area contributed by atoms with Gasteiger partial charge in [0, 0.05) is 12.5 Å². The Kier molecular flexibility index (Phi) is 2.76. The van der Waals surface area contributed by atoms with Gasteiger partial charge in [-0.05, 0) is 31.7 Å². The smallest absolute Gasteiger partial charge is 0.220 e. The molecule has 0 saturated carbocycles. The summed E-state index contributed by atoms with van der Waals surface area (Å²) in [5.74, 6) is 0.577. The highest BCUT2D eigenvalue weighted by Crippen LogP contribution is 2.28. The van der Waals surface area contributed by atoms with Crippen molar-refractivity contribution in [2.24, 2.45) is 0 Å². The van der Waals surface area contributed by atoms with Gasteiger partial charge < -0.3 is 5.32 Å². The Bertz CT molecular complexity index is 355. The molecule has 0 radical (unpaired) electrons. The molecule has 15 heavy (non-hydrogen) atoms. The fourth-order valence-corrected chi connectivity index (χ4v) is 2.22. The normalized spacial score (nSPS) is 26.1. The van der Waals surface area contributed by atoms with Crippen molar-refractivity contribution in [2.75, 3.05) is 0 Å².